The van der Waals surface area contributed by atoms with Crippen LogP contribution in [0.1, 0.15) is 42.0 Å². The van der Waals surface area contributed by atoms with Crippen LogP contribution >= 0.6 is 0 Å². The lowest BCUT2D eigenvalue weighted by Gasteiger charge is -2.27. The molecule has 9 heteroatoms. The van der Waals surface area contributed by atoms with Gasteiger partial charge < -0.3 is 4.90 Å². The standard InChI is InChI=1S/C15H18F3N5O/c1-9-11(8-12(24)22-6-4-3-5-7-22)10(2)23-14(19-9)20-13(21-23)15(16,17)18/h3-8H2,1-2H3. The first-order valence-corrected chi connectivity index (χ1v) is 7.85. The third kappa shape index (κ3) is 3.07. The average molecular weight is 341 g/mol. The van der Waals surface area contributed by atoms with Crippen LogP contribution in [-0.4, -0.2) is 43.5 Å². The smallest absolute Gasteiger partial charge is 0.342 e. The number of carbonyl (C=O) groups is 1. The van der Waals surface area contributed by atoms with Crippen molar-refractivity contribution in [3.63, 3.8) is 0 Å². The van der Waals surface area contributed by atoms with Crippen molar-refractivity contribution in [2.45, 2.75) is 45.7 Å². The van der Waals surface area contributed by atoms with Crippen LogP contribution in [0.4, 0.5) is 13.2 Å². The topological polar surface area (TPSA) is 63.4 Å². The monoisotopic (exact) mass is 341 g/mol. The Bertz CT molecular complexity index is 777. The summed E-state index contributed by atoms with van der Waals surface area (Å²) in [6, 6.07) is 0. The Labute approximate surface area is 136 Å². The number of piperidine rings is 1. The second kappa shape index (κ2) is 6.03. The van der Waals surface area contributed by atoms with Gasteiger partial charge in [0, 0.05) is 30.0 Å². The van der Waals surface area contributed by atoms with Crippen LogP contribution in [-0.2, 0) is 17.4 Å². The third-order valence-corrected chi connectivity index (χ3v) is 4.34. The summed E-state index contributed by atoms with van der Waals surface area (Å²) >= 11 is 0. The number of amides is 1. The second-order valence-corrected chi connectivity index (χ2v) is 6.02. The summed E-state index contributed by atoms with van der Waals surface area (Å²) < 4.78 is 39.4. The molecule has 130 valence electrons. The fourth-order valence-electron chi connectivity index (χ4n) is 2.99. The minimum atomic E-state index is -4.63. The first kappa shape index (κ1) is 16.7. The Morgan fingerprint density at radius 2 is 1.79 bits per heavy atom. The molecule has 0 radical (unpaired) electrons. The zero-order valence-electron chi connectivity index (χ0n) is 13.5. The maximum atomic E-state index is 12.8. The molecular formula is C15H18F3N5O. The highest BCUT2D eigenvalue weighted by atomic mass is 19.4. The number of hydrogen-bond donors (Lipinski definition) is 0. The zero-order chi connectivity index (χ0) is 17.5. The number of carbonyl (C=O) groups excluding carboxylic acids is 1. The predicted octanol–water partition coefficient (Wildman–Crippen LogP) is 2.31. The first-order valence-electron chi connectivity index (χ1n) is 7.85. The van der Waals surface area contributed by atoms with Crippen LogP contribution in [0.5, 0.6) is 0 Å². The van der Waals surface area contributed by atoms with Gasteiger partial charge in [-0.05, 0) is 33.1 Å². The van der Waals surface area contributed by atoms with Gasteiger partial charge in [0.25, 0.3) is 11.6 Å². The number of fused-ring (bicyclic) bond motifs is 1. The number of rotatable bonds is 2. The van der Waals surface area contributed by atoms with Gasteiger partial charge in [0.05, 0.1) is 6.42 Å². The average Bonchev–Trinajstić information content (AvgIpc) is 2.96. The fraction of sp³-hybridized carbons (Fsp3) is 0.600. The van der Waals surface area contributed by atoms with E-state index in [0.717, 1.165) is 36.9 Å². The molecule has 1 aliphatic heterocycles. The fourth-order valence-corrected chi connectivity index (χ4v) is 2.99. The number of aromatic nitrogens is 4. The Kier molecular flexibility index (Phi) is 4.18. The molecule has 1 aliphatic rings. The molecule has 0 N–H and O–H groups in total. The van der Waals surface area contributed by atoms with Crippen molar-refractivity contribution >= 4 is 11.7 Å². The minimum Gasteiger partial charge on any atom is -0.342 e. The molecule has 1 fully saturated rings. The van der Waals surface area contributed by atoms with Gasteiger partial charge in [-0.3, -0.25) is 4.79 Å². The van der Waals surface area contributed by atoms with Crippen molar-refractivity contribution < 1.29 is 18.0 Å². The van der Waals surface area contributed by atoms with Crippen LogP contribution < -0.4 is 0 Å². The van der Waals surface area contributed by atoms with Crippen molar-refractivity contribution in [3.8, 4) is 0 Å². The largest absolute Gasteiger partial charge is 0.453 e. The Hall–Kier alpha value is -2.19. The molecule has 0 aromatic carbocycles. The molecule has 1 saturated heterocycles. The van der Waals surface area contributed by atoms with Crippen molar-refractivity contribution in [2.75, 3.05) is 13.1 Å². The Balaban J connectivity index is 1.94. The normalized spacial score (nSPS) is 16.0. The number of aryl methyl sites for hydroxylation is 2. The van der Waals surface area contributed by atoms with E-state index in [4.69, 9.17) is 0 Å². The lowest BCUT2D eigenvalue weighted by atomic mass is 10.1. The van der Waals surface area contributed by atoms with Gasteiger partial charge >= 0.3 is 6.18 Å². The highest BCUT2D eigenvalue weighted by Crippen LogP contribution is 2.27. The van der Waals surface area contributed by atoms with E-state index < -0.39 is 12.0 Å². The van der Waals surface area contributed by atoms with Crippen LogP contribution in [0.25, 0.3) is 5.78 Å². The summed E-state index contributed by atoms with van der Waals surface area (Å²) in [7, 11) is 0. The van der Waals surface area contributed by atoms with E-state index in [9.17, 15) is 18.0 Å². The second-order valence-electron chi connectivity index (χ2n) is 6.02. The number of likely N-dealkylation sites (tertiary alicyclic amines) is 1. The van der Waals surface area contributed by atoms with Gasteiger partial charge in [-0.15, -0.1) is 5.10 Å². The lowest BCUT2D eigenvalue weighted by Crippen LogP contribution is -2.37. The summed E-state index contributed by atoms with van der Waals surface area (Å²) in [5, 5.41) is 3.50. The molecule has 0 unspecified atom stereocenters. The summed E-state index contributed by atoms with van der Waals surface area (Å²) in [5.41, 5.74) is 1.58. The van der Waals surface area contributed by atoms with E-state index in [1.807, 2.05) is 0 Å². The maximum Gasteiger partial charge on any atom is 0.453 e. The highest BCUT2D eigenvalue weighted by molar-refractivity contribution is 5.79. The van der Waals surface area contributed by atoms with Gasteiger partial charge in [0.1, 0.15) is 0 Å². The first-order chi connectivity index (χ1) is 11.3. The van der Waals surface area contributed by atoms with Gasteiger partial charge in [0.15, 0.2) is 0 Å². The SMILES string of the molecule is Cc1nc2nc(C(F)(F)F)nn2c(C)c1CC(=O)N1CCCCC1. The molecule has 0 bridgehead atoms. The molecule has 0 aliphatic carbocycles. The Morgan fingerprint density at radius 3 is 2.42 bits per heavy atom. The van der Waals surface area contributed by atoms with E-state index in [0.29, 0.717) is 17.0 Å². The van der Waals surface area contributed by atoms with Crippen molar-refractivity contribution in [3.05, 3.63) is 22.8 Å². The molecule has 24 heavy (non-hydrogen) atoms. The van der Waals surface area contributed by atoms with E-state index >= 15 is 0 Å². The number of halogens is 3. The quantitative estimate of drug-likeness (QED) is 0.841. The van der Waals surface area contributed by atoms with Gasteiger partial charge in [-0.25, -0.2) is 9.50 Å². The van der Waals surface area contributed by atoms with Crippen LogP contribution in [0, 0.1) is 13.8 Å². The Morgan fingerprint density at radius 1 is 1.12 bits per heavy atom. The molecule has 2 aromatic rings. The highest BCUT2D eigenvalue weighted by Gasteiger charge is 2.37. The number of alkyl halides is 3. The summed E-state index contributed by atoms with van der Waals surface area (Å²) in [6.45, 7) is 4.77. The number of hydrogen-bond acceptors (Lipinski definition) is 4. The zero-order valence-corrected chi connectivity index (χ0v) is 13.5. The van der Waals surface area contributed by atoms with Gasteiger partial charge in [-0.1, -0.05) is 0 Å². The minimum absolute atomic E-state index is 0.0294. The molecule has 0 atom stereocenters. The van der Waals surface area contributed by atoms with Crippen LogP contribution in [0.15, 0.2) is 0 Å². The van der Waals surface area contributed by atoms with E-state index in [-0.39, 0.29) is 18.1 Å². The van der Waals surface area contributed by atoms with Crippen LogP contribution in [0.2, 0.25) is 0 Å². The summed E-state index contributed by atoms with van der Waals surface area (Å²) in [5.74, 6) is -1.36. The molecule has 0 spiro atoms. The molecule has 3 rings (SSSR count). The van der Waals surface area contributed by atoms with Gasteiger partial charge in [-0.2, -0.15) is 18.2 Å². The molecule has 1 amide bonds. The van der Waals surface area contributed by atoms with E-state index in [1.165, 1.54) is 0 Å². The maximum absolute atomic E-state index is 12.8. The van der Waals surface area contributed by atoms with Crippen molar-refractivity contribution in [2.24, 2.45) is 0 Å². The van der Waals surface area contributed by atoms with Gasteiger partial charge in [0.2, 0.25) is 5.91 Å². The van der Waals surface area contributed by atoms with Crippen molar-refractivity contribution in [1.29, 1.82) is 0 Å². The van der Waals surface area contributed by atoms with Crippen LogP contribution in [0.3, 0.4) is 0 Å². The number of nitrogens with zero attached hydrogens (tertiary/aromatic N) is 5. The molecular weight excluding hydrogens is 323 g/mol. The molecule has 2 aromatic heterocycles. The van der Waals surface area contributed by atoms with E-state index in [2.05, 4.69) is 15.1 Å². The predicted molar refractivity (Wildman–Crippen MR) is 79.4 cm³/mol. The van der Waals surface area contributed by atoms with Crippen molar-refractivity contribution in [1.82, 2.24) is 24.5 Å². The summed E-state index contributed by atoms with van der Waals surface area (Å²) in [4.78, 5) is 21.8. The lowest BCUT2D eigenvalue weighted by molar-refractivity contribution is -0.144. The molecule has 0 saturated carbocycles. The molecule has 3 heterocycles. The summed E-state index contributed by atoms with van der Waals surface area (Å²) in [6.07, 6.45) is -1.42. The third-order valence-electron chi connectivity index (χ3n) is 4.34. The molecule has 6 nitrogen and oxygen atoms in total. The van der Waals surface area contributed by atoms with E-state index in [1.54, 1.807) is 18.7 Å².